The van der Waals surface area contributed by atoms with Gasteiger partial charge in [-0.3, -0.25) is 4.90 Å². The summed E-state index contributed by atoms with van der Waals surface area (Å²) >= 11 is 0. The first-order valence-corrected chi connectivity index (χ1v) is 10.0. The molecule has 6 heteroatoms. The van der Waals surface area contributed by atoms with Gasteiger partial charge in [0.25, 0.3) is 0 Å². The van der Waals surface area contributed by atoms with Gasteiger partial charge in [-0.25, -0.2) is 4.98 Å². The molecule has 148 valence electrons. The van der Waals surface area contributed by atoms with Crippen LogP contribution in [-0.2, 0) is 16.1 Å². The van der Waals surface area contributed by atoms with Gasteiger partial charge in [0, 0.05) is 62.0 Å². The van der Waals surface area contributed by atoms with Gasteiger partial charge < -0.3 is 18.9 Å². The summed E-state index contributed by atoms with van der Waals surface area (Å²) in [6.45, 7) is 4.33. The summed E-state index contributed by atoms with van der Waals surface area (Å²) in [6, 6.07) is 10.7. The highest BCUT2D eigenvalue weighted by atomic mass is 16.7. The number of benzene rings is 1. The third kappa shape index (κ3) is 3.36. The van der Waals surface area contributed by atoms with Crippen LogP contribution in [0.2, 0.25) is 0 Å². The zero-order chi connectivity index (χ0) is 19.0. The van der Waals surface area contributed by atoms with E-state index in [9.17, 15) is 0 Å². The number of ether oxygens (including phenoxy) is 4. The Kier molecular flexibility index (Phi) is 4.70. The Bertz CT molecular complexity index is 825. The fourth-order valence-electron chi connectivity index (χ4n) is 4.37. The number of pyridine rings is 1. The minimum Gasteiger partial charge on any atom is -0.481 e. The molecule has 0 bridgehead atoms. The Hall–Kier alpha value is -2.15. The van der Waals surface area contributed by atoms with Crippen LogP contribution in [0.3, 0.4) is 0 Å². The molecule has 0 saturated carbocycles. The van der Waals surface area contributed by atoms with Gasteiger partial charge in [-0.2, -0.15) is 0 Å². The maximum atomic E-state index is 6.38. The highest BCUT2D eigenvalue weighted by molar-refractivity contribution is 5.65. The third-order valence-electron chi connectivity index (χ3n) is 6.11. The van der Waals surface area contributed by atoms with Crippen LogP contribution in [0.15, 0.2) is 36.5 Å². The molecule has 2 saturated heterocycles. The summed E-state index contributed by atoms with van der Waals surface area (Å²) in [4.78, 5) is 6.82. The van der Waals surface area contributed by atoms with Crippen molar-refractivity contribution in [3.05, 3.63) is 42.1 Å². The Labute approximate surface area is 165 Å². The summed E-state index contributed by atoms with van der Waals surface area (Å²) in [5.41, 5.74) is 3.25. The largest absolute Gasteiger partial charge is 0.481 e. The second-order valence-electron chi connectivity index (χ2n) is 7.77. The number of rotatable bonds is 3. The van der Waals surface area contributed by atoms with E-state index in [4.69, 9.17) is 18.9 Å². The number of aromatic nitrogens is 1. The van der Waals surface area contributed by atoms with Crippen LogP contribution in [0, 0.1) is 0 Å². The van der Waals surface area contributed by atoms with Crippen molar-refractivity contribution in [1.29, 1.82) is 0 Å². The van der Waals surface area contributed by atoms with Gasteiger partial charge in [0.2, 0.25) is 11.7 Å². The lowest BCUT2D eigenvalue weighted by Crippen LogP contribution is -2.53. The second kappa shape index (κ2) is 7.35. The minimum absolute atomic E-state index is 0.480. The van der Waals surface area contributed by atoms with Crippen molar-refractivity contribution in [2.45, 2.75) is 37.7 Å². The Morgan fingerprint density at radius 3 is 2.71 bits per heavy atom. The molecule has 5 rings (SSSR count). The van der Waals surface area contributed by atoms with Crippen LogP contribution in [-0.4, -0.2) is 55.1 Å². The van der Waals surface area contributed by atoms with E-state index >= 15 is 0 Å². The molecule has 0 radical (unpaired) electrons. The predicted octanol–water partition coefficient (Wildman–Crippen LogP) is 3.25. The molecule has 3 aliphatic rings. The molecule has 0 aliphatic carbocycles. The van der Waals surface area contributed by atoms with Gasteiger partial charge in [0.05, 0.1) is 20.3 Å². The fourth-order valence-corrected chi connectivity index (χ4v) is 4.37. The number of fused-ring (bicyclic) bond motifs is 1. The van der Waals surface area contributed by atoms with Crippen LogP contribution in [0.4, 0.5) is 0 Å². The van der Waals surface area contributed by atoms with E-state index in [0.29, 0.717) is 18.5 Å². The highest BCUT2D eigenvalue weighted by Crippen LogP contribution is 2.39. The minimum atomic E-state index is -0.480. The highest BCUT2D eigenvalue weighted by Gasteiger charge is 2.42. The molecule has 1 aromatic heterocycles. The van der Waals surface area contributed by atoms with Crippen molar-refractivity contribution in [1.82, 2.24) is 9.88 Å². The SMILES string of the molecule is COc1ccc(-c2ccc3c(c2)COC2(CCN(C4CCOC4)CC2)O3)cn1. The first kappa shape index (κ1) is 17.9. The average Bonchev–Trinajstić information content (AvgIpc) is 3.29. The summed E-state index contributed by atoms with van der Waals surface area (Å²) in [5.74, 6) is 1.08. The number of methoxy groups -OCH3 is 1. The van der Waals surface area contributed by atoms with Crippen molar-refractivity contribution in [2.24, 2.45) is 0 Å². The maximum absolute atomic E-state index is 6.38. The Morgan fingerprint density at radius 2 is 2.00 bits per heavy atom. The van der Waals surface area contributed by atoms with Crippen molar-refractivity contribution in [2.75, 3.05) is 33.4 Å². The second-order valence-corrected chi connectivity index (χ2v) is 7.77. The smallest absolute Gasteiger partial charge is 0.213 e. The van der Waals surface area contributed by atoms with Crippen LogP contribution >= 0.6 is 0 Å². The number of piperidine rings is 1. The van der Waals surface area contributed by atoms with Gasteiger partial charge in [-0.1, -0.05) is 6.07 Å². The van der Waals surface area contributed by atoms with E-state index < -0.39 is 5.79 Å². The normalized spacial score (nSPS) is 24.0. The Morgan fingerprint density at radius 1 is 1.14 bits per heavy atom. The number of hydrogen-bond donors (Lipinski definition) is 0. The van der Waals surface area contributed by atoms with E-state index in [0.717, 1.165) is 68.0 Å². The molecular formula is C22H26N2O4. The van der Waals surface area contributed by atoms with Crippen molar-refractivity contribution in [3.63, 3.8) is 0 Å². The molecule has 1 unspecified atom stereocenters. The lowest BCUT2D eigenvalue weighted by molar-refractivity contribution is -0.229. The van der Waals surface area contributed by atoms with Gasteiger partial charge in [-0.05, 0) is 30.2 Å². The van der Waals surface area contributed by atoms with E-state index in [1.807, 2.05) is 18.3 Å². The van der Waals surface area contributed by atoms with Crippen LogP contribution < -0.4 is 9.47 Å². The van der Waals surface area contributed by atoms with Gasteiger partial charge in [0.15, 0.2) is 0 Å². The van der Waals surface area contributed by atoms with Crippen molar-refractivity contribution < 1.29 is 18.9 Å². The maximum Gasteiger partial charge on any atom is 0.213 e. The van der Waals surface area contributed by atoms with E-state index in [1.165, 1.54) is 0 Å². The van der Waals surface area contributed by atoms with E-state index in [1.54, 1.807) is 7.11 Å². The lowest BCUT2D eigenvalue weighted by Gasteiger charge is -2.45. The molecule has 1 atom stereocenters. The molecule has 1 aromatic carbocycles. The van der Waals surface area contributed by atoms with Crippen molar-refractivity contribution in [3.8, 4) is 22.8 Å². The van der Waals surface area contributed by atoms with Crippen LogP contribution in [0.5, 0.6) is 11.6 Å². The topological polar surface area (TPSA) is 53.1 Å². The molecular weight excluding hydrogens is 356 g/mol. The van der Waals surface area contributed by atoms with Gasteiger partial charge in [-0.15, -0.1) is 0 Å². The number of hydrogen-bond acceptors (Lipinski definition) is 6. The quantitative estimate of drug-likeness (QED) is 0.812. The van der Waals surface area contributed by atoms with E-state index in [-0.39, 0.29) is 0 Å². The zero-order valence-electron chi connectivity index (χ0n) is 16.2. The fraction of sp³-hybridized carbons (Fsp3) is 0.500. The molecule has 0 N–H and O–H groups in total. The zero-order valence-corrected chi connectivity index (χ0v) is 16.2. The molecule has 6 nitrogen and oxygen atoms in total. The summed E-state index contributed by atoms with van der Waals surface area (Å²) in [7, 11) is 1.62. The standard InChI is InChI=1S/C22H26N2O4/c1-25-21-5-3-17(13-23-21)16-2-4-20-18(12-16)14-27-22(28-20)7-9-24(10-8-22)19-6-11-26-15-19/h2-5,12-13,19H,6-11,14-15H2,1H3. The molecule has 2 aromatic rings. The first-order chi connectivity index (χ1) is 13.7. The van der Waals surface area contributed by atoms with Crippen LogP contribution in [0.25, 0.3) is 11.1 Å². The molecule has 2 fully saturated rings. The van der Waals surface area contributed by atoms with Crippen LogP contribution in [0.1, 0.15) is 24.8 Å². The summed E-state index contributed by atoms with van der Waals surface area (Å²) < 4.78 is 23.3. The average molecular weight is 382 g/mol. The molecule has 3 aliphatic heterocycles. The van der Waals surface area contributed by atoms with Gasteiger partial charge in [0.1, 0.15) is 5.75 Å². The first-order valence-electron chi connectivity index (χ1n) is 10.0. The Balaban J connectivity index is 1.28. The summed E-state index contributed by atoms with van der Waals surface area (Å²) in [6.07, 6.45) is 4.76. The van der Waals surface area contributed by atoms with Gasteiger partial charge >= 0.3 is 0 Å². The summed E-state index contributed by atoms with van der Waals surface area (Å²) in [5, 5.41) is 0. The number of likely N-dealkylation sites (tertiary alicyclic amines) is 1. The van der Waals surface area contributed by atoms with E-state index in [2.05, 4.69) is 28.1 Å². The lowest BCUT2D eigenvalue weighted by atomic mass is 9.98. The van der Waals surface area contributed by atoms with Crippen molar-refractivity contribution >= 4 is 0 Å². The third-order valence-corrected chi connectivity index (χ3v) is 6.11. The molecule has 28 heavy (non-hydrogen) atoms. The predicted molar refractivity (Wildman–Crippen MR) is 104 cm³/mol. The molecule has 1 spiro atoms. The number of nitrogens with zero attached hydrogens (tertiary/aromatic N) is 2. The monoisotopic (exact) mass is 382 g/mol. The molecule has 4 heterocycles. The molecule has 0 amide bonds.